The van der Waals surface area contributed by atoms with E-state index in [2.05, 4.69) is 36.0 Å². The van der Waals surface area contributed by atoms with Gasteiger partial charge in [0.25, 0.3) is 11.5 Å². The van der Waals surface area contributed by atoms with Crippen molar-refractivity contribution in [2.75, 3.05) is 19.6 Å². The minimum Gasteiger partial charge on any atom is -0.351 e. The monoisotopic (exact) mass is 308 g/mol. The van der Waals surface area contributed by atoms with Gasteiger partial charge in [0.2, 0.25) is 0 Å². The quantitative estimate of drug-likeness (QED) is 0.818. The van der Waals surface area contributed by atoms with Crippen LogP contribution in [0, 0.1) is 5.92 Å². The minimum absolute atomic E-state index is 0.0345. The van der Waals surface area contributed by atoms with Gasteiger partial charge in [-0.05, 0) is 39.7 Å². The van der Waals surface area contributed by atoms with E-state index in [-0.39, 0.29) is 11.1 Å². The third-order valence-electron chi connectivity index (χ3n) is 4.14. The van der Waals surface area contributed by atoms with Crippen molar-refractivity contribution in [2.45, 2.75) is 32.7 Å². The van der Waals surface area contributed by atoms with Crippen molar-refractivity contribution in [1.29, 1.82) is 0 Å². The number of hydrogen-bond acceptors (Lipinski definition) is 4. The summed E-state index contributed by atoms with van der Waals surface area (Å²) in [7, 11) is 1.49. The van der Waals surface area contributed by atoms with Crippen molar-refractivity contribution in [2.24, 2.45) is 13.0 Å². The van der Waals surface area contributed by atoms with Gasteiger partial charge in [0.05, 0.1) is 0 Å². The normalized spacial score (nSPS) is 19.4. The minimum atomic E-state index is -0.650. The summed E-state index contributed by atoms with van der Waals surface area (Å²) in [4.78, 5) is 39.6. The highest BCUT2D eigenvalue weighted by Gasteiger charge is 2.30. The van der Waals surface area contributed by atoms with Crippen LogP contribution < -0.4 is 16.6 Å². The maximum atomic E-state index is 12.1. The molecule has 7 nitrogen and oxygen atoms in total. The summed E-state index contributed by atoms with van der Waals surface area (Å²) >= 11 is 0. The fraction of sp³-hybridized carbons (Fsp3) is 0.667. The largest absolute Gasteiger partial charge is 0.351 e. The van der Waals surface area contributed by atoms with E-state index in [9.17, 15) is 14.4 Å². The van der Waals surface area contributed by atoms with E-state index in [1.807, 2.05) is 0 Å². The van der Waals surface area contributed by atoms with Crippen molar-refractivity contribution < 1.29 is 4.79 Å². The number of hydrogen-bond donors (Lipinski definition) is 2. The van der Waals surface area contributed by atoms with Crippen LogP contribution in [0.4, 0.5) is 0 Å². The van der Waals surface area contributed by atoms with Crippen LogP contribution in [0.25, 0.3) is 0 Å². The van der Waals surface area contributed by atoms with Crippen LogP contribution in [0.1, 0.15) is 37.6 Å². The van der Waals surface area contributed by atoms with Crippen LogP contribution in [0.15, 0.2) is 15.8 Å². The molecule has 1 fully saturated rings. The third kappa shape index (κ3) is 3.65. The summed E-state index contributed by atoms with van der Waals surface area (Å²) in [6.45, 7) is 9.03. The van der Waals surface area contributed by atoms with Crippen molar-refractivity contribution in [3.8, 4) is 0 Å². The summed E-state index contributed by atoms with van der Waals surface area (Å²) in [5.41, 5.74) is -1.08. The number of aryl methyl sites for hydroxylation is 1. The van der Waals surface area contributed by atoms with Crippen molar-refractivity contribution in [3.63, 3.8) is 0 Å². The number of rotatable bonds is 3. The lowest BCUT2D eigenvalue weighted by Crippen LogP contribution is -2.41. The molecule has 22 heavy (non-hydrogen) atoms. The fourth-order valence-corrected chi connectivity index (χ4v) is 2.67. The zero-order valence-electron chi connectivity index (χ0n) is 13.6. The van der Waals surface area contributed by atoms with Crippen LogP contribution >= 0.6 is 0 Å². The number of aromatic amines is 1. The Kier molecular flexibility index (Phi) is 4.55. The number of carbonyl (C=O) groups is 1. The van der Waals surface area contributed by atoms with Gasteiger partial charge >= 0.3 is 5.69 Å². The second-order valence-corrected chi connectivity index (χ2v) is 6.89. The molecule has 122 valence electrons. The molecule has 0 saturated carbocycles. The number of likely N-dealkylation sites (tertiary alicyclic amines) is 1. The molecule has 7 heteroatoms. The number of nitrogens with zero attached hydrogens (tertiary/aromatic N) is 2. The zero-order chi connectivity index (χ0) is 16.5. The highest BCUT2D eigenvalue weighted by Crippen LogP contribution is 2.23. The molecule has 0 bridgehead atoms. The lowest BCUT2D eigenvalue weighted by Gasteiger charge is -2.31. The summed E-state index contributed by atoms with van der Waals surface area (Å²) in [6.07, 6.45) is 2.30. The average molecular weight is 308 g/mol. The molecule has 1 aliphatic rings. The number of amides is 1. The van der Waals surface area contributed by atoms with Crippen LogP contribution in [0.2, 0.25) is 0 Å². The molecule has 0 aliphatic carbocycles. The van der Waals surface area contributed by atoms with E-state index in [4.69, 9.17) is 0 Å². The van der Waals surface area contributed by atoms with Gasteiger partial charge < -0.3 is 9.88 Å². The average Bonchev–Trinajstić information content (AvgIpc) is 2.89. The number of H-pyrrole nitrogens is 1. The molecular formula is C15H24N4O3. The standard InChI is InChI=1S/C15H24N4O3/c1-15(2,3)19-6-5-10(8-19)7-16-12(20)11-9-18(4)14(22)17-13(11)21/h9-10H,5-8H2,1-4H3,(H,16,20)(H,17,21,22). The number of carbonyl (C=O) groups excluding carboxylic acids is 1. The predicted molar refractivity (Wildman–Crippen MR) is 84.1 cm³/mol. The van der Waals surface area contributed by atoms with Gasteiger partial charge in [-0.3, -0.25) is 19.5 Å². The van der Waals surface area contributed by atoms with Gasteiger partial charge in [-0.15, -0.1) is 0 Å². The Bertz CT molecular complexity index is 669. The first kappa shape index (κ1) is 16.5. The summed E-state index contributed by atoms with van der Waals surface area (Å²) in [6, 6.07) is 0. The van der Waals surface area contributed by atoms with Gasteiger partial charge in [-0.1, -0.05) is 0 Å². The van der Waals surface area contributed by atoms with Gasteiger partial charge in [0, 0.05) is 31.9 Å². The first-order valence-corrected chi connectivity index (χ1v) is 7.51. The van der Waals surface area contributed by atoms with E-state index >= 15 is 0 Å². The van der Waals surface area contributed by atoms with Crippen molar-refractivity contribution in [3.05, 3.63) is 32.6 Å². The Labute approximate surface area is 129 Å². The molecule has 1 aromatic heterocycles. The Morgan fingerprint density at radius 3 is 2.68 bits per heavy atom. The Hall–Kier alpha value is -1.89. The Balaban J connectivity index is 1.96. The van der Waals surface area contributed by atoms with E-state index in [0.717, 1.165) is 19.5 Å². The topological polar surface area (TPSA) is 87.2 Å². The lowest BCUT2D eigenvalue weighted by atomic mass is 10.1. The molecule has 1 aromatic rings. The van der Waals surface area contributed by atoms with Crippen molar-refractivity contribution >= 4 is 5.91 Å². The highest BCUT2D eigenvalue weighted by molar-refractivity contribution is 5.93. The molecule has 0 radical (unpaired) electrons. The molecule has 2 heterocycles. The summed E-state index contributed by atoms with van der Waals surface area (Å²) in [5, 5.41) is 2.80. The summed E-state index contributed by atoms with van der Waals surface area (Å²) < 4.78 is 1.19. The smallest absolute Gasteiger partial charge is 0.328 e. The first-order valence-electron chi connectivity index (χ1n) is 7.51. The van der Waals surface area contributed by atoms with Gasteiger partial charge in [-0.25, -0.2) is 4.79 Å². The van der Waals surface area contributed by atoms with Crippen LogP contribution in [-0.4, -0.2) is 45.5 Å². The second-order valence-electron chi connectivity index (χ2n) is 6.89. The molecule has 1 saturated heterocycles. The summed E-state index contributed by atoms with van der Waals surface area (Å²) in [5.74, 6) is -0.0548. The van der Waals surface area contributed by atoms with Crippen LogP contribution in [0.5, 0.6) is 0 Å². The maximum Gasteiger partial charge on any atom is 0.328 e. The Morgan fingerprint density at radius 1 is 1.41 bits per heavy atom. The van der Waals surface area contributed by atoms with E-state index in [1.54, 1.807) is 0 Å². The number of aromatic nitrogens is 2. The zero-order valence-corrected chi connectivity index (χ0v) is 13.6. The third-order valence-corrected chi connectivity index (χ3v) is 4.14. The molecule has 1 atom stereocenters. The predicted octanol–water partition coefficient (Wildman–Crippen LogP) is -0.0762. The molecule has 2 N–H and O–H groups in total. The van der Waals surface area contributed by atoms with Gasteiger partial charge in [-0.2, -0.15) is 0 Å². The molecule has 1 unspecified atom stereocenters. The van der Waals surface area contributed by atoms with E-state index in [0.29, 0.717) is 12.5 Å². The first-order chi connectivity index (χ1) is 10.2. The highest BCUT2D eigenvalue weighted by atomic mass is 16.2. The molecule has 0 aromatic carbocycles. The van der Waals surface area contributed by atoms with Gasteiger partial charge in [0.1, 0.15) is 5.56 Å². The van der Waals surface area contributed by atoms with Crippen LogP contribution in [0.3, 0.4) is 0 Å². The van der Waals surface area contributed by atoms with Crippen LogP contribution in [-0.2, 0) is 7.05 Å². The van der Waals surface area contributed by atoms with E-state index in [1.165, 1.54) is 17.8 Å². The number of nitrogens with one attached hydrogen (secondary N) is 2. The van der Waals surface area contributed by atoms with E-state index < -0.39 is 17.2 Å². The van der Waals surface area contributed by atoms with Gasteiger partial charge in [0.15, 0.2) is 0 Å². The Morgan fingerprint density at radius 2 is 2.09 bits per heavy atom. The SMILES string of the molecule is Cn1cc(C(=O)NCC2CCN(C(C)(C)C)C2)c(=O)[nH]c1=O. The lowest BCUT2D eigenvalue weighted by molar-refractivity contribution is 0.0943. The molecule has 1 amide bonds. The van der Waals surface area contributed by atoms with Crippen molar-refractivity contribution in [1.82, 2.24) is 19.8 Å². The molecule has 0 spiro atoms. The molecule has 2 rings (SSSR count). The maximum absolute atomic E-state index is 12.1. The molecular weight excluding hydrogens is 284 g/mol. The molecule has 1 aliphatic heterocycles. The second kappa shape index (κ2) is 6.08. The fourth-order valence-electron chi connectivity index (χ4n) is 2.67.